The van der Waals surface area contributed by atoms with Crippen LogP contribution in [-0.2, 0) is 9.63 Å². The summed E-state index contributed by atoms with van der Waals surface area (Å²) in [6.07, 6.45) is -1.61. The van der Waals surface area contributed by atoms with Gasteiger partial charge in [-0.15, -0.1) is 5.06 Å². The summed E-state index contributed by atoms with van der Waals surface area (Å²) in [5, 5.41) is 4.87. The predicted molar refractivity (Wildman–Crippen MR) is 47.4 cm³/mol. The van der Waals surface area contributed by atoms with Crippen molar-refractivity contribution in [3.63, 3.8) is 0 Å². The van der Waals surface area contributed by atoms with Crippen molar-refractivity contribution >= 4 is 5.97 Å². The Balaban J connectivity index is 1.89. The van der Waals surface area contributed by atoms with Crippen molar-refractivity contribution in [2.24, 2.45) is 0 Å². The van der Waals surface area contributed by atoms with Gasteiger partial charge >= 0.3 is 12.1 Å². The maximum absolute atomic E-state index is 11.9. The Morgan fingerprint density at radius 2 is 2.24 bits per heavy atom. The fraction of sp³-hybridized carbons (Fsp3) is 0.625. The third-order valence-corrected chi connectivity index (χ3v) is 2.38. The number of rotatable bonds is 2. The van der Waals surface area contributed by atoms with Gasteiger partial charge in [0.1, 0.15) is 12.7 Å². The third kappa shape index (κ3) is 2.73. The Bertz CT molecular complexity index is 392. The number of aromatic nitrogens is 3. The van der Waals surface area contributed by atoms with Crippen LogP contribution in [0.5, 0.6) is 0 Å². The second kappa shape index (κ2) is 4.32. The number of nitrogens with zero attached hydrogens (tertiary/aromatic N) is 4. The molecule has 94 valence electrons. The molecule has 0 bridgehead atoms. The van der Waals surface area contributed by atoms with E-state index in [4.69, 9.17) is 0 Å². The standard InChI is InChI=1S/C8H9F3N4O2/c9-8(10,11)7(16)17-14-2-1-6(3-14)15-5-12-4-13-15/h4-6H,1-3H2/t6-/m0/s1. The van der Waals surface area contributed by atoms with Gasteiger partial charge in [0.15, 0.2) is 0 Å². The third-order valence-electron chi connectivity index (χ3n) is 2.38. The van der Waals surface area contributed by atoms with Crippen molar-refractivity contribution in [1.82, 2.24) is 19.8 Å². The summed E-state index contributed by atoms with van der Waals surface area (Å²) < 4.78 is 37.4. The van der Waals surface area contributed by atoms with Crippen molar-refractivity contribution in [2.45, 2.75) is 18.6 Å². The molecule has 1 aromatic rings. The molecule has 0 aliphatic carbocycles. The predicted octanol–water partition coefficient (Wildman–Crippen LogP) is 0.545. The van der Waals surface area contributed by atoms with E-state index in [1.807, 2.05) is 0 Å². The maximum Gasteiger partial charge on any atom is 0.492 e. The first-order valence-corrected chi connectivity index (χ1v) is 4.85. The van der Waals surface area contributed by atoms with Gasteiger partial charge in [-0.1, -0.05) is 0 Å². The van der Waals surface area contributed by atoms with E-state index in [9.17, 15) is 18.0 Å². The molecule has 1 saturated heterocycles. The van der Waals surface area contributed by atoms with E-state index in [1.54, 1.807) is 0 Å². The summed E-state index contributed by atoms with van der Waals surface area (Å²) in [4.78, 5) is 18.5. The molecule has 2 heterocycles. The molecule has 1 aliphatic heterocycles. The number of hydroxylamine groups is 2. The van der Waals surface area contributed by atoms with E-state index < -0.39 is 12.1 Å². The van der Waals surface area contributed by atoms with Crippen LogP contribution in [0.1, 0.15) is 12.5 Å². The number of carbonyl (C=O) groups is 1. The van der Waals surface area contributed by atoms with Crippen molar-refractivity contribution in [2.75, 3.05) is 13.1 Å². The van der Waals surface area contributed by atoms with Gasteiger partial charge in [0, 0.05) is 6.54 Å². The van der Waals surface area contributed by atoms with Crippen molar-refractivity contribution in [1.29, 1.82) is 0 Å². The zero-order valence-corrected chi connectivity index (χ0v) is 8.59. The second-order valence-electron chi connectivity index (χ2n) is 3.58. The van der Waals surface area contributed by atoms with Gasteiger partial charge in [-0.2, -0.15) is 18.3 Å². The highest BCUT2D eigenvalue weighted by atomic mass is 19.4. The van der Waals surface area contributed by atoms with E-state index in [-0.39, 0.29) is 19.1 Å². The molecule has 9 heteroatoms. The summed E-state index contributed by atoms with van der Waals surface area (Å²) in [5.74, 6) is -2.20. The smallest absolute Gasteiger partial charge is 0.361 e. The van der Waals surface area contributed by atoms with Crippen LogP contribution in [0, 0.1) is 0 Å². The molecule has 0 unspecified atom stereocenters. The van der Waals surface area contributed by atoms with Crippen LogP contribution in [0.3, 0.4) is 0 Å². The van der Waals surface area contributed by atoms with Gasteiger partial charge in [-0.3, -0.25) is 0 Å². The fourth-order valence-electron chi connectivity index (χ4n) is 1.58. The minimum Gasteiger partial charge on any atom is -0.361 e. The summed E-state index contributed by atoms with van der Waals surface area (Å²) >= 11 is 0. The molecule has 2 rings (SSSR count). The molecule has 0 amide bonds. The van der Waals surface area contributed by atoms with Crippen LogP contribution >= 0.6 is 0 Å². The minimum atomic E-state index is -4.97. The average Bonchev–Trinajstić information content (AvgIpc) is 2.83. The number of hydrogen-bond donors (Lipinski definition) is 0. The van der Waals surface area contributed by atoms with Crippen molar-refractivity contribution < 1.29 is 22.8 Å². The summed E-state index contributed by atoms with van der Waals surface area (Å²) in [6, 6.07) is -0.126. The largest absolute Gasteiger partial charge is 0.492 e. The van der Waals surface area contributed by atoms with Crippen LogP contribution in [-0.4, -0.2) is 45.1 Å². The van der Waals surface area contributed by atoms with Gasteiger partial charge < -0.3 is 4.84 Å². The molecule has 0 radical (unpaired) electrons. The van der Waals surface area contributed by atoms with Crippen LogP contribution in [0.2, 0.25) is 0 Å². The van der Waals surface area contributed by atoms with E-state index >= 15 is 0 Å². The van der Waals surface area contributed by atoms with Gasteiger partial charge in [0.05, 0.1) is 12.6 Å². The SMILES string of the molecule is O=C(ON1CC[C@H](n2cncn2)C1)C(F)(F)F. The Morgan fingerprint density at radius 3 is 2.82 bits per heavy atom. The maximum atomic E-state index is 11.9. The molecule has 0 aromatic carbocycles. The van der Waals surface area contributed by atoms with E-state index in [1.165, 1.54) is 17.3 Å². The Morgan fingerprint density at radius 1 is 1.47 bits per heavy atom. The van der Waals surface area contributed by atoms with Gasteiger partial charge in [-0.05, 0) is 6.42 Å². The molecular weight excluding hydrogens is 241 g/mol. The minimum absolute atomic E-state index is 0.126. The lowest BCUT2D eigenvalue weighted by Crippen LogP contribution is -2.33. The molecule has 1 fully saturated rings. The lowest BCUT2D eigenvalue weighted by atomic mass is 10.3. The van der Waals surface area contributed by atoms with Crippen LogP contribution in [0.25, 0.3) is 0 Å². The number of hydrogen-bond acceptors (Lipinski definition) is 5. The normalized spacial score (nSPS) is 21.7. The monoisotopic (exact) mass is 250 g/mol. The first-order valence-electron chi connectivity index (χ1n) is 4.85. The molecule has 17 heavy (non-hydrogen) atoms. The fourth-order valence-corrected chi connectivity index (χ4v) is 1.58. The highest BCUT2D eigenvalue weighted by Gasteiger charge is 2.43. The van der Waals surface area contributed by atoms with E-state index in [0.717, 1.165) is 5.06 Å². The quantitative estimate of drug-likeness (QED) is 0.767. The number of alkyl halides is 3. The average molecular weight is 250 g/mol. The highest BCUT2D eigenvalue weighted by Crippen LogP contribution is 2.23. The lowest BCUT2D eigenvalue weighted by molar-refractivity contribution is -0.235. The van der Waals surface area contributed by atoms with Crippen LogP contribution < -0.4 is 0 Å². The van der Waals surface area contributed by atoms with Crippen molar-refractivity contribution in [3.05, 3.63) is 12.7 Å². The zero-order chi connectivity index (χ0) is 12.5. The second-order valence-corrected chi connectivity index (χ2v) is 3.58. The van der Waals surface area contributed by atoms with E-state index in [0.29, 0.717) is 6.42 Å². The summed E-state index contributed by atoms with van der Waals surface area (Å²) in [5.41, 5.74) is 0. The van der Waals surface area contributed by atoms with E-state index in [2.05, 4.69) is 14.9 Å². The molecule has 0 spiro atoms. The Hall–Kier alpha value is -1.64. The van der Waals surface area contributed by atoms with Crippen molar-refractivity contribution in [3.8, 4) is 0 Å². The molecule has 0 N–H and O–H groups in total. The van der Waals surface area contributed by atoms with Gasteiger partial charge in [0.2, 0.25) is 0 Å². The van der Waals surface area contributed by atoms with Gasteiger partial charge in [-0.25, -0.2) is 14.5 Å². The zero-order valence-electron chi connectivity index (χ0n) is 8.59. The Kier molecular flexibility index (Phi) is 3.01. The van der Waals surface area contributed by atoms with Gasteiger partial charge in [0.25, 0.3) is 0 Å². The topological polar surface area (TPSA) is 60.2 Å². The first kappa shape index (κ1) is 11.8. The molecule has 1 atom stereocenters. The van der Waals surface area contributed by atoms with Crippen LogP contribution in [0.4, 0.5) is 13.2 Å². The molecule has 0 saturated carbocycles. The molecule has 1 aromatic heterocycles. The molecule has 6 nitrogen and oxygen atoms in total. The highest BCUT2D eigenvalue weighted by molar-refractivity contribution is 5.75. The summed E-state index contributed by atoms with van der Waals surface area (Å²) in [6.45, 7) is 0.414. The number of carbonyl (C=O) groups excluding carboxylic acids is 1. The lowest BCUT2D eigenvalue weighted by Gasteiger charge is -2.16. The van der Waals surface area contributed by atoms with Crippen LogP contribution in [0.15, 0.2) is 12.7 Å². The molecule has 1 aliphatic rings. The number of halogens is 3. The Labute approximate surface area is 93.9 Å². The first-order chi connectivity index (χ1) is 7.97. The summed E-state index contributed by atoms with van der Waals surface area (Å²) in [7, 11) is 0. The molecular formula is C8H9F3N4O2.